The third kappa shape index (κ3) is 5.81. The Hall–Kier alpha value is -2.86. The predicted octanol–water partition coefficient (Wildman–Crippen LogP) is 3.17. The topological polar surface area (TPSA) is 198 Å². The Bertz CT molecular complexity index is 1430. The zero-order chi connectivity index (χ0) is 32.8. The summed E-state index contributed by atoms with van der Waals surface area (Å²) >= 11 is 0. The molecular weight excluding hydrogens is 630 g/mol. The maximum atomic E-state index is 15.2. The van der Waals surface area contributed by atoms with Gasteiger partial charge in [0.05, 0.1) is 12.2 Å². The summed E-state index contributed by atoms with van der Waals surface area (Å²) in [6.07, 6.45) is -2.76. The summed E-state index contributed by atoms with van der Waals surface area (Å²) in [5.74, 6) is -1.21. The van der Waals surface area contributed by atoms with Crippen LogP contribution >= 0.6 is 7.82 Å². The normalized spacial score (nSPS) is 31.2. The molecule has 0 aromatic carbocycles. The molecule has 252 valence electrons. The first-order valence-corrected chi connectivity index (χ1v) is 15.8. The fourth-order valence-corrected chi connectivity index (χ4v) is 7.35. The largest absolute Gasteiger partial charge is 0.510 e. The van der Waals surface area contributed by atoms with E-state index >= 15 is 4.39 Å². The zero-order valence-electron chi connectivity index (χ0n) is 25.3. The number of aromatic nitrogens is 2. The van der Waals surface area contributed by atoms with E-state index in [1.165, 1.54) is 13.1 Å². The minimum atomic E-state index is -4.90. The second-order valence-corrected chi connectivity index (χ2v) is 13.3. The molecule has 0 radical (unpaired) electrons. The summed E-state index contributed by atoms with van der Waals surface area (Å²) in [6.45, 7) is 4.54. The Balaban J connectivity index is 1.44. The number of aromatic amines is 1. The number of halogens is 1. The van der Waals surface area contributed by atoms with E-state index in [0.29, 0.717) is 12.8 Å². The van der Waals surface area contributed by atoms with Gasteiger partial charge in [-0.05, 0) is 47.5 Å². The molecule has 17 nitrogen and oxygen atoms in total. The third-order valence-corrected chi connectivity index (χ3v) is 9.27. The highest BCUT2D eigenvalue weighted by Gasteiger charge is 2.99. The van der Waals surface area contributed by atoms with Gasteiger partial charge in [0.2, 0.25) is 13.6 Å². The van der Waals surface area contributed by atoms with E-state index < -0.39 is 98.8 Å². The number of nitrogens with one attached hydrogen (secondary N) is 1. The summed E-state index contributed by atoms with van der Waals surface area (Å²) in [7, 11) is -4.90. The van der Waals surface area contributed by atoms with Gasteiger partial charge in [-0.3, -0.25) is 18.9 Å². The van der Waals surface area contributed by atoms with E-state index in [2.05, 4.69) is 4.98 Å². The van der Waals surface area contributed by atoms with Crippen LogP contribution in [0.15, 0.2) is 21.9 Å². The molecule has 2 saturated carbocycles. The number of alkyl halides is 1. The molecule has 4 fully saturated rings. The van der Waals surface area contributed by atoms with Crippen molar-refractivity contribution in [3.63, 3.8) is 0 Å². The molecule has 2 aliphatic heterocycles. The second kappa shape index (κ2) is 12.1. The monoisotopic (exact) mass is 666 g/mol. The summed E-state index contributed by atoms with van der Waals surface area (Å²) < 4.78 is 84.6. The summed E-state index contributed by atoms with van der Waals surface area (Å²) in [4.78, 5) is 50.4. The molecule has 1 N–H and O–H groups in total. The van der Waals surface area contributed by atoms with Crippen LogP contribution < -0.4 is 11.2 Å². The van der Waals surface area contributed by atoms with Crippen LogP contribution in [-0.4, -0.2) is 83.0 Å². The molecule has 2 aliphatic carbocycles. The van der Waals surface area contributed by atoms with E-state index in [4.69, 9.17) is 46.7 Å². The van der Waals surface area contributed by atoms with Gasteiger partial charge in [0.1, 0.15) is 18.4 Å². The zero-order valence-corrected chi connectivity index (χ0v) is 26.2. The molecule has 19 heteroatoms. The molecule has 2 saturated heterocycles. The molecule has 3 heterocycles. The number of ether oxygens (including phenoxy) is 7. The minimum Gasteiger partial charge on any atom is -0.432 e. The first kappa shape index (κ1) is 33.5. The molecule has 45 heavy (non-hydrogen) atoms. The molecule has 0 amide bonds. The van der Waals surface area contributed by atoms with Crippen LogP contribution in [0, 0.1) is 0 Å². The second-order valence-electron chi connectivity index (χ2n) is 11.7. The van der Waals surface area contributed by atoms with Gasteiger partial charge < -0.3 is 33.2 Å². The van der Waals surface area contributed by atoms with Crippen LogP contribution in [0.2, 0.25) is 0 Å². The van der Waals surface area contributed by atoms with Gasteiger partial charge in [-0.15, -0.1) is 0 Å². The molecule has 4 aliphatic rings. The van der Waals surface area contributed by atoms with Gasteiger partial charge in [0.15, 0.2) is 23.2 Å². The summed E-state index contributed by atoms with van der Waals surface area (Å²) in [5, 5.41) is 0. The van der Waals surface area contributed by atoms with Crippen LogP contribution in [0.1, 0.15) is 66.5 Å². The van der Waals surface area contributed by atoms with Crippen molar-refractivity contribution in [2.75, 3.05) is 20.3 Å². The number of H-pyrrole nitrogens is 1. The first-order valence-electron chi connectivity index (χ1n) is 14.3. The van der Waals surface area contributed by atoms with Crippen LogP contribution in [0.5, 0.6) is 0 Å². The Morgan fingerprint density at radius 3 is 2.13 bits per heavy atom. The van der Waals surface area contributed by atoms with E-state index in [1.807, 2.05) is 0 Å². The third-order valence-electron chi connectivity index (χ3n) is 7.95. The fraction of sp³-hybridized carbons (Fsp3) is 0.769. The number of hydrogen-bond donors (Lipinski definition) is 1. The quantitative estimate of drug-likeness (QED) is 0.194. The lowest BCUT2D eigenvalue weighted by Gasteiger charge is -2.34. The minimum absolute atomic E-state index is 0.426. The lowest BCUT2D eigenvalue weighted by Crippen LogP contribution is -2.49. The Kier molecular flexibility index (Phi) is 8.98. The molecular formula is C26H36FN2O15P. The van der Waals surface area contributed by atoms with Crippen molar-refractivity contribution < 1.29 is 65.3 Å². The lowest BCUT2D eigenvalue weighted by molar-refractivity contribution is -0.234. The van der Waals surface area contributed by atoms with Gasteiger partial charge >= 0.3 is 25.8 Å². The number of nitrogens with zero attached hydrogens (tertiary/aromatic N) is 1. The van der Waals surface area contributed by atoms with Crippen LogP contribution in [0.25, 0.3) is 0 Å². The Morgan fingerprint density at radius 1 is 1.04 bits per heavy atom. The van der Waals surface area contributed by atoms with Crippen LogP contribution in [-0.2, 0) is 51.3 Å². The average Bonchev–Trinajstić information content (AvgIpc) is 3.24. The molecule has 2 spiro atoms. The van der Waals surface area contributed by atoms with Crippen molar-refractivity contribution in [2.24, 2.45) is 0 Å². The van der Waals surface area contributed by atoms with Gasteiger partial charge in [-0.25, -0.2) is 32.4 Å². The molecule has 1 unspecified atom stereocenters. The molecule has 1 aromatic heterocycles. The van der Waals surface area contributed by atoms with E-state index in [9.17, 15) is 23.7 Å². The maximum absolute atomic E-state index is 15.2. The SMILES string of the molecule is CC(C)OC(=O)OCOP(=O)(OCOC(=O)OC(C)C)OC1[C@]23OC4(CCCC4)O[C@@]2(C)[C@H](n2ccc(=O)[nH]c2=O)O[C@]13CF. The predicted molar refractivity (Wildman–Crippen MR) is 144 cm³/mol. The van der Waals surface area contributed by atoms with Gasteiger partial charge in [-0.2, -0.15) is 0 Å². The number of carbonyl (C=O) groups excluding carboxylic acids is 2. The van der Waals surface area contributed by atoms with Crippen molar-refractivity contribution in [1.82, 2.24) is 9.55 Å². The van der Waals surface area contributed by atoms with Crippen molar-refractivity contribution in [3.05, 3.63) is 33.1 Å². The van der Waals surface area contributed by atoms with E-state index in [-0.39, 0.29) is 0 Å². The molecule has 1 aromatic rings. The number of rotatable bonds is 12. The smallest absolute Gasteiger partial charge is 0.432 e. The summed E-state index contributed by atoms with van der Waals surface area (Å²) in [6, 6.07) is 1.09. The molecule has 0 bridgehead atoms. The van der Waals surface area contributed by atoms with Crippen molar-refractivity contribution >= 4 is 20.1 Å². The fourth-order valence-electron chi connectivity index (χ4n) is 6.21. The number of carbonyl (C=O) groups is 2. The van der Waals surface area contributed by atoms with Crippen molar-refractivity contribution in [1.29, 1.82) is 0 Å². The van der Waals surface area contributed by atoms with Crippen molar-refractivity contribution in [2.45, 2.75) is 107 Å². The average molecular weight is 667 g/mol. The molecule has 5 atom stereocenters. The van der Waals surface area contributed by atoms with E-state index in [0.717, 1.165) is 23.5 Å². The Morgan fingerprint density at radius 2 is 1.62 bits per heavy atom. The number of hydrogen-bond acceptors (Lipinski definition) is 15. The Labute approximate surface area is 256 Å². The van der Waals surface area contributed by atoms with Gasteiger partial charge in [-0.1, -0.05) is 0 Å². The highest BCUT2D eigenvalue weighted by atomic mass is 31.2. The van der Waals surface area contributed by atoms with Crippen molar-refractivity contribution in [3.8, 4) is 0 Å². The lowest BCUT2D eigenvalue weighted by atomic mass is 9.94. The number of phosphoric ester groups is 1. The van der Waals surface area contributed by atoms with Crippen LogP contribution in [0.3, 0.4) is 0 Å². The maximum Gasteiger partial charge on any atom is 0.510 e. The van der Waals surface area contributed by atoms with Gasteiger partial charge in [0, 0.05) is 25.1 Å². The number of phosphoric acid groups is 1. The molecule has 5 rings (SSSR count). The highest BCUT2D eigenvalue weighted by Crippen LogP contribution is 2.79. The standard InChI is InChI=1S/C26H36FN2O15P/c1-15(2)39-21(32)35-13-37-45(34,38-14-36-22(33)40-16(3)4)42-18-25(12-27)26(18)23(5,43-24(44-26)9-6-7-10-24)19(41-25)29-11-8-17(30)28-20(29)31/h8,11,15-16,18-19H,6-7,9-10,12-14H2,1-5H3,(H,28,30,31)/t18?,19-,23+,25-,26+/m1/s1. The van der Waals surface area contributed by atoms with Gasteiger partial charge in [0.25, 0.3) is 5.56 Å². The summed E-state index contributed by atoms with van der Waals surface area (Å²) in [5.41, 5.74) is -6.97. The highest BCUT2D eigenvalue weighted by molar-refractivity contribution is 7.48. The van der Waals surface area contributed by atoms with Crippen LogP contribution in [0.4, 0.5) is 14.0 Å². The van der Waals surface area contributed by atoms with E-state index in [1.54, 1.807) is 27.7 Å². The first-order chi connectivity index (χ1) is 21.1.